The van der Waals surface area contributed by atoms with Crippen molar-refractivity contribution in [3.63, 3.8) is 0 Å². The molecule has 1 amide bonds. The number of aromatic nitrogens is 1. The average molecular weight is 219 g/mol. The fourth-order valence-electron chi connectivity index (χ4n) is 1.91. The number of amides is 1. The molecule has 4 nitrogen and oxygen atoms in total. The lowest BCUT2D eigenvalue weighted by molar-refractivity contribution is -0.122. The van der Waals surface area contributed by atoms with Crippen molar-refractivity contribution in [2.45, 2.75) is 32.4 Å². The second-order valence-corrected chi connectivity index (χ2v) is 4.17. The summed E-state index contributed by atoms with van der Waals surface area (Å²) in [5, 5.41) is 6.14. The summed E-state index contributed by atoms with van der Waals surface area (Å²) >= 11 is 0. The first kappa shape index (κ1) is 11.1. The number of nitrogens with one attached hydrogen (secondary N) is 2. The number of hydrogen-bond acceptors (Lipinski definition) is 3. The van der Waals surface area contributed by atoms with Gasteiger partial charge in [-0.2, -0.15) is 0 Å². The fraction of sp³-hybridized carbons (Fsp3) is 0.500. The molecular formula is C12H17N3O. The van der Waals surface area contributed by atoms with Crippen LogP contribution in [-0.2, 0) is 11.3 Å². The third-order valence-corrected chi connectivity index (χ3v) is 2.97. The zero-order valence-electron chi connectivity index (χ0n) is 9.49. The molecule has 1 aromatic heterocycles. The van der Waals surface area contributed by atoms with Crippen LogP contribution in [0.4, 0.5) is 0 Å². The van der Waals surface area contributed by atoms with E-state index in [1.165, 1.54) is 0 Å². The van der Waals surface area contributed by atoms with Gasteiger partial charge in [0.1, 0.15) is 0 Å². The van der Waals surface area contributed by atoms with Gasteiger partial charge in [0.2, 0.25) is 5.91 Å². The lowest BCUT2D eigenvalue weighted by Crippen LogP contribution is -2.40. The first-order valence-electron chi connectivity index (χ1n) is 5.68. The lowest BCUT2D eigenvalue weighted by atomic mass is 10.1. The maximum atomic E-state index is 11.7. The number of pyridine rings is 1. The topological polar surface area (TPSA) is 54.0 Å². The van der Waals surface area contributed by atoms with E-state index in [0.717, 1.165) is 30.5 Å². The Hall–Kier alpha value is -1.42. The van der Waals surface area contributed by atoms with Crippen LogP contribution in [0.3, 0.4) is 0 Å². The molecular weight excluding hydrogens is 202 g/mol. The first-order chi connectivity index (χ1) is 7.77. The molecule has 0 unspecified atom stereocenters. The van der Waals surface area contributed by atoms with Gasteiger partial charge in [-0.1, -0.05) is 0 Å². The Labute approximate surface area is 95.5 Å². The van der Waals surface area contributed by atoms with Gasteiger partial charge in [0.15, 0.2) is 0 Å². The number of hydrogen-bond donors (Lipinski definition) is 2. The molecule has 0 saturated carbocycles. The molecule has 2 heterocycles. The molecule has 0 aromatic carbocycles. The third-order valence-electron chi connectivity index (χ3n) is 2.97. The van der Waals surface area contributed by atoms with E-state index in [2.05, 4.69) is 15.6 Å². The Morgan fingerprint density at radius 3 is 3.25 bits per heavy atom. The van der Waals surface area contributed by atoms with Crippen molar-refractivity contribution in [2.24, 2.45) is 0 Å². The normalized spacial score (nSPS) is 19.7. The van der Waals surface area contributed by atoms with Gasteiger partial charge >= 0.3 is 0 Å². The number of carbonyl (C=O) groups excluding carboxylic acids is 1. The third kappa shape index (κ3) is 2.58. The van der Waals surface area contributed by atoms with Gasteiger partial charge < -0.3 is 10.6 Å². The highest BCUT2D eigenvalue weighted by molar-refractivity contribution is 5.81. The zero-order chi connectivity index (χ0) is 11.4. The minimum absolute atomic E-state index is 0.00198. The molecule has 1 aliphatic rings. The summed E-state index contributed by atoms with van der Waals surface area (Å²) in [5.41, 5.74) is 2.24. The SMILES string of the molecule is Cc1cnccc1CNC(=O)[C@H]1CCCN1. The Kier molecular flexibility index (Phi) is 3.51. The summed E-state index contributed by atoms with van der Waals surface area (Å²) < 4.78 is 0. The molecule has 1 atom stereocenters. The Bertz CT molecular complexity index is 372. The Morgan fingerprint density at radius 1 is 1.69 bits per heavy atom. The molecule has 2 N–H and O–H groups in total. The monoisotopic (exact) mass is 219 g/mol. The van der Waals surface area contributed by atoms with Crippen LogP contribution in [0, 0.1) is 6.92 Å². The summed E-state index contributed by atoms with van der Waals surface area (Å²) in [6, 6.07) is 1.94. The van der Waals surface area contributed by atoms with Gasteiger partial charge in [0.05, 0.1) is 6.04 Å². The minimum atomic E-state index is 0.00198. The summed E-state index contributed by atoms with van der Waals surface area (Å²) in [6.45, 7) is 3.54. The van der Waals surface area contributed by atoms with Crippen molar-refractivity contribution >= 4 is 5.91 Å². The molecule has 16 heavy (non-hydrogen) atoms. The smallest absolute Gasteiger partial charge is 0.237 e. The van der Waals surface area contributed by atoms with E-state index in [4.69, 9.17) is 0 Å². The van der Waals surface area contributed by atoms with E-state index < -0.39 is 0 Å². The van der Waals surface area contributed by atoms with Crippen LogP contribution in [0.25, 0.3) is 0 Å². The summed E-state index contributed by atoms with van der Waals surface area (Å²) in [4.78, 5) is 15.8. The van der Waals surface area contributed by atoms with Crippen molar-refractivity contribution in [2.75, 3.05) is 6.54 Å². The number of nitrogens with zero attached hydrogens (tertiary/aromatic N) is 1. The van der Waals surface area contributed by atoms with Gasteiger partial charge in [0.25, 0.3) is 0 Å². The van der Waals surface area contributed by atoms with E-state index in [1.807, 2.05) is 19.2 Å². The number of rotatable bonds is 3. The average Bonchev–Trinajstić information content (AvgIpc) is 2.81. The van der Waals surface area contributed by atoms with Crippen LogP contribution in [0.2, 0.25) is 0 Å². The summed E-state index contributed by atoms with van der Waals surface area (Å²) in [6.07, 6.45) is 5.60. The molecule has 86 valence electrons. The van der Waals surface area contributed by atoms with Crippen molar-refractivity contribution in [3.8, 4) is 0 Å². The summed E-state index contributed by atoms with van der Waals surface area (Å²) in [5.74, 6) is 0.105. The van der Waals surface area contributed by atoms with Crippen molar-refractivity contribution in [3.05, 3.63) is 29.6 Å². The van der Waals surface area contributed by atoms with E-state index in [-0.39, 0.29) is 11.9 Å². The second-order valence-electron chi connectivity index (χ2n) is 4.17. The highest BCUT2D eigenvalue weighted by Gasteiger charge is 2.21. The van der Waals surface area contributed by atoms with Gasteiger partial charge in [0, 0.05) is 18.9 Å². The fourth-order valence-corrected chi connectivity index (χ4v) is 1.91. The van der Waals surface area contributed by atoms with Crippen molar-refractivity contribution < 1.29 is 4.79 Å². The van der Waals surface area contributed by atoms with Gasteiger partial charge in [-0.25, -0.2) is 0 Å². The predicted octanol–water partition coefficient (Wildman–Crippen LogP) is 0.758. The van der Waals surface area contributed by atoms with E-state index >= 15 is 0 Å². The quantitative estimate of drug-likeness (QED) is 0.789. The molecule has 0 spiro atoms. The Morgan fingerprint density at radius 2 is 2.56 bits per heavy atom. The van der Waals surface area contributed by atoms with E-state index in [1.54, 1.807) is 6.20 Å². The van der Waals surface area contributed by atoms with E-state index in [0.29, 0.717) is 6.54 Å². The van der Waals surface area contributed by atoms with Crippen molar-refractivity contribution in [1.29, 1.82) is 0 Å². The Balaban J connectivity index is 1.87. The zero-order valence-corrected chi connectivity index (χ0v) is 9.49. The number of aryl methyl sites for hydroxylation is 1. The van der Waals surface area contributed by atoms with Gasteiger partial charge in [-0.3, -0.25) is 9.78 Å². The standard InChI is InChI=1S/C12H17N3O/c1-9-7-13-6-4-10(9)8-15-12(16)11-3-2-5-14-11/h4,6-7,11,14H,2-3,5,8H2,1H3,(H,15,16)/t11-/m1/s1. The molecule has 0 radical (unpaired) electrons. The molecule has 1 fully saturated rings. The van der Waals surface area contributed by atoms with Crippen LogP contribution in [0.15, 0.2) is 18.5 Å². The maximum Gasteiger partial charge on any atom is 0.237 e. The molecule has 4 heteroatoms. The van der Waals surface area contributed by atoms with E-state index in [9.17, 15) is 4.79 Å². The molecule has 1 aliphatic heterocycles. The highest BCUT2D eigenvalue weighted by Crippen LogP contribution is 2.07. The lowest BCUT2D eigenvalue weighted by Gasteiger charge is -2.11. The number of carbonyl (C=O) groups is 1. The highest BCUT2D eigenvalue weighted by atomic mass is 16.2. The minimum Gasteiger partial charge on any atom is -0.351 e. The van der Waals surface area contributed by atoms with Gasteiger partial charge in [-0.15, -0.1) is 0 Å². The second kappa shape index (κ2) is 5.07. The molecule has 1 aromatic rings. The predicted molar refractivity (Wildman–Crippen MR) is 61.8 cm³/mol. The van der Waals surface area contributed by atoms with Crippen LogP contribution < -0.4 is 10.6 Å². The van der Waals surface area contributed by atoms with Crippen molar-refractivity contribution in [1.82, 2.24) is 15.6 Å². The first-order valence-corrected chi connectivity index (χ1v) is 5.68. The molecule has 0 aliphatic carbocycles. The molecule has 2 rings (SSSR count). The van der Waals surface area contributed by atoms with Gasteiger partial charge in [-0.05, 0) is 43.5 Å². The van der Waals surface area contributed by atoms with Crippen LogP contribution >= 0.6 is 0 Å². The maximum absolute atomic E-state index is 11.7. The molecule has 0 bridgehead atoms. The molecule has 1 saturated heterocycles. The summed E-state index contributed by atoms with van der Waals surface area (Å²) in [7, 11) is 0. The largest absolute Gasteiger partial charge is 0.351 e. The van der Waals surface area contributed by atoms with Crippen LogP contribution in [0.5, 0.6) is 0 Å². The van der Waals surface area contributed by atoms with Crippen LogP contribution in [-0.4, -0.2) is 23.5 Å². The van der Waals surface area contributed by atoms with Crippen LogP contribution in [0.1, 0.15) is 24.0 Å².